The molecule has 8 heteroatoms. The minimum atomic E-state index is -0.587. The predicted molar refractivity (Wildman–Crippen MR) is 91.5 cm³/mol. The van der Waals surface area contributed by atoms with E-state index in [9.17, 15) is 19.7 Å². The summed E-state index contributed by atoms with van der Waals surface area (Å²) in [7, 11) is 0. The van der Waals surface area contributed by atoms with E-state index in [1.807, 2.05) is 0 Å². The van der Waals surface area contributed by atoms with Gasteiger partial charge in [-0.25, -0.2) is 0 Å². The lowest BCUT2D eigenvalue weighted by Crippen LogP contribution is -2.13. The molecule has 25 heavy (non-hydrogen) atoms. The molecule has 1 atom stereocenters. The molecule has 3 rings (SSSR count). The van der Waals surface area contributed by atoms with E-state index in [4.69, 9.17) is 0 Å². The molecule has 0 saturated heterocycles. The zero-order valence-electron chi connectivity index (χ0n) is 13.1. The summed E-state index contributed by atoms with van der Waals surface area (Å²) in [6, 6.07) is 5.73. The number of nitro benzene ring substituents is 1. The van der Waals surface area contributed by atoms with Crippen LogP contribution in [0.15, 0.2) is 49.3 Å². The van der Waals surface area contributed by atoms with Crippen molar-refractivity contribution >= 4 is 28.9 Å². The molecule has 0 aliphatic carbocycles. The van der Waals surface area contributed by atoms with Gasteiger partial charge in [-0.2, -0.15) is 0 Å². The van der Waals surface area contributed by atoms with E-state index in [1.54, 1.807) is 6.08 Å². The lowest BCUT2D eigenvalue weighted by Gasteiger charge is -2.10. The molecule has 0 saturated carbocycles. The summed E-state index contributed by atoms with van der Waals surface area (Å²) in [6.07, 6.45) is 4.86. The number of hydrogen-bond donors (Lipinski definition) is 2. The summed E-state index contributed by atoms with van der Waals surface area (Å²) in [5.41, 5.74) is 1.04. The normalized spacial score (nSPS) is 15.2. The third kappa shape index (κ3) is 3.09. The molecule has 0 fully saturated rings. The van der Waals surface area contributed by atoms with Gasteiger partial charge < -0.3 is 10.6 Å². The number of amides is 2. The Morgan fingerprint density at radius 2 is 2.12 bits per heavy atom. The van der Waals surface area contributed by atoms with E-state index < -0.39 is 16.7 Å². The molecule has 2 N–H and O–H groups in total. The topological polar surface area (TPSA) is 114 Å². The van der Waals surface area contributed by atoms with Gasteiger partial charge in [0.1, 0.15) is 5.69 Å². The molecule has 1 aromatic heterocycles. The number of carbonyl (C=O) groups excluding carboxylic acids is 2. The fourth-order valence-electron chi connectivity index (χ4n) is 2.71. The highest BCUT2D eigenvalue weighted by molar-refractivity contribution is 6.08. The van der Waals surface area contributed by atoms with Crippen molar-refractivity contribution in [3.05, 3.63) is 70.6 Å². The minimum Gasteiger partial charge on any atom is -0.325 e. The van der Waals surface area contributed by atoms with E-state index in [1.165, 1.54) is 36.7 Å². The molecule has 1 aliphatic heterocycles. The number of benzene rings is 1. The number of hydrogen-bond acceptors (Lipinski definition) is 5. The monoisotopic (exact) mass is 338 g/mol. The van der Waals surface area contributed by atoms with E-state index in [2.05, 4.69) is 22.2 Å². The lowest BCUT2D eigenvalue weighted by molar-refractivity contribution is -0.384. The second-order valence-electron chi connectivity index (χ2n) is 5.47. The van der Waals surface area contributed by atoms with E-state index in [-0.39, 0.29) is 17.3 Å². The molecule has 2 amide bonds. The maximum absolute atomic E-state index is 12.3. The van der Waals surface area contributed by atoms with Crippen molar-refractivity contribution in [3.63, 3.8) is 0 Å². The summed E-state index contributed by atoms with van der Waals surface area (Å²) in [4.78, 5) is 38.9. The van der Waals surface area contributed by atoms with Crippen LogP contribution in [-0.4, -0.2) is 21.7 Å². The molecule has 2 aromatic rings. The SMILES string of the molecule is C=CCC1C(=O)Nc2cc(NC(=O)c3ccncc3)c([N+](=O)[O-])cc21. The minimum absolute atomic E-state index is 0.0186. The summed E-state index contributed by atoms with van der Waals surface area (Å²) in [6.45, 7) is 3.60. The highest BCUT2D eigenvalue weighted by Gasteiger charge is 2.33. The Balaban J connectivity index is 1.99. The first-order valence-electron chi connectivity index (χ1n) is 7.46. The molecular weight excluding hydrogens is 324 g/mol. The lowest BCUT2D eigenvalue weighted by atomic mass is 9.96. The van der Waals surface area contributed by atoms with Crippen LogP contribution in [-0.2, 0) is 4.79 Å². The molecule has 0 radical (unpaired) electrons. The van der Waals surface area contributed by atoms with Crippen LogP contribution in [0.25, 0.3) is 0 Å². The van der Waals surface area contributed by atoms with Gasteiger partial charge in [0.2, 0.25) is 5.91 Å². The fourth-order valence-corrected chi connectivity index (χ4v) is 2.71. The molecule has 1 aromatic carbocycles. The Kier molecular flexibility index (Phi) is 4.25. The number of nitrogens with one attached hydrogen (secondary N) is 2. The van der Waals surface area contributed by atoms with Crippen molar-refractivity contribution in [1.29, 1.82) is 0 Å². The number of fused-ring (bicyclic) bond motifs is 1. The number of nitrogens with zero attached hydrogens (tertiary/aromatic N) is 2. The number of allylic oxidation sites excluding steroid dienone is 1. The van der Waals surface area contributed by atoms with Crippen molar-refractivity contribution in [2.24, 2.45) is 0 Å². The number of carbonyl (C=O) groups is 2. The first-order valence-corrected chi connectivity index (χ1v) is 7.46. The Hall–Kier alpha value is -3.55. The molecule has 126 valence electrons. The second-order valence-corrected chi connectivity index (χ2v) is 5.47. The van der Waals surface area contributed by atoms with Crippen LogP contribution in [0.2, 0.25) is 0 Å². The maximum Gasteiger partial charge on any atom is 0.293 e. The molecule has 1 aliphatic rings. The Labute approximate surface area is 142 Å². The van der Waals surface area contributed by atoms with Crippen LogP contribution in [0, 0.1) is 10.1 Å². The predicted octanol–water partition coefficient (Wildman–Crippen LogP) is 2.85. The smallest absolute Gasteiger partial charge is 0.293 e. The summed E-state index contributed by atoms with van der Waals surface area (Å²) in [5, 5.41) is 16.6. The van der Waals surface area contributed by atoms with Crippen LogP contribution < -0.4 is 10.6 Å². The summed E-state index contributed by atoms with van der Waals surface area (Å²) < 4.78 is 0. The van der Waals surface area contributed by atoms with Gasteiger partial charge in [-0.1, -0.05) is 6.08 Å². The Bertz CT molecular complexity index is 880. The average Bonchev–Trinajstić information content (AvgIpc) is 2.90. The standard InChI is InChI=1S/C17H14N4O4/c1-2-3-11-12-8-15(21(24)25)14(9-13(12)19-17(11)23)20-16(22)10-4-6-18-7-5-10/h2,4-9,11H,1,3H2,(H,19,23)(H,20,22). The maximum atomic E-state index is 12.3. The van der Waals surface area contributed by atoms with Gasteiger partial charge in [-0.05, 0) is 30.2 Å². The van der Waals surface area contributed by atoms with Gasteiger partial charge in [0.05, 0.1) is 10.8 Å². The van der Waals surface area contributed by atoms with Gasteiger partial charge in [0.25, 0.3) is 11.6 Å². The van der Waals surface area contributed by atoms with Crippen LogP contribution in [0.1, 0.15) is 28.3 Å². The van der Waals surface area contributed by atoms with Crippen LogP contribution in [0.3, 0.4) is 0 Å². The molecule has 0 spiro atoms. The summed E-state index contributed by atoms with van der Waals surface area (Å²) in [5.74, 6) is -1.27. The molecular formula is C17H14N4O4. The molecule has 1 unspecified atom stereocenters. The van der Waals surface area contributed by atoms with Crippen LogP contribution in [0.5, 0.6) is 0 Å². The van der Waals surface area contributed by atoms with E-state index >= 15 is 0 Å². The highest BCUT2D eigenvalue weighted by atomic mass is 16.6. The second kappa shape index (κ2) is 6.52. The first-order chi connectivity index (χ1) is 12.0. The Morgan fingerprint density at radius 1 is 1.40 bits per heavy atom. The molecule has 8 nitrogen and oxygen atoms in total. The third-order valence-electron chi connectivity index (χ3n) is 3.91. The number of nitro groups is 1. The zero-order chi connectivity index (χ0) is 18.0. The first kappa shape index (κ1) is 16.3. The van der Waals surface area contributed by atoms with Crippen molar-refractivity contribution in [2.45, 2.75) is 12.3 Å². The van der Waals surface area contributed by atoms with E-state index in [0.29, 0.717) is 23.2 Å². The quantitative estimate of drug-likeness (QED) is 0.494. The van der Waals surface area contributed by atoms with Crippen molar-refractivity contribution in [3.8, 4) is 0 Å². The molecule has 0 bridgehead atoms. The van der Waals surface area contributed by atoms with Crippen molar-refractivity contribution in [1.82, 2.24) is 4.98 Å². The van der Waals surface area contributed by atoms with Gasteiger partial charge >= 0.3 is 0 Å². The Morgan fingerprint density at radius 3 is 2.76 bits per heavy atom. The van der Waals surface area contributed by atoms with Crippen LogP contribution >= 0.6 is 0 Å². The zero-order valence-corrected chi connectivity index (χ0v) is 13.1. The molecule has 2 heterocycles. The van der Waals surface area contributed by atoms with Gasteiger partial charge in [0.15, 0.2) is 0 Å². The highest BCUT2D eigenvalue weighted by Crippen LogP contribution is 2.41. The summed E-state index contributed by atoms with van der Waals surface area (Å²) >= 11 is 0. The number of anilines is 2. The van der Waals surface area contributed by atoms with Gasteiger partial charge in [-0.15, -0.1) is 6.58 Å². The fraction of sp³-hybridized carbons (Fsp3) is 0.118. The third-order valence-corrected chi connectivity index (χ3v) is 3.91. The average molecular weight is 338 g/mol. The van der Waals surface area contributed by atoms with Crippen LogP contribution in [0.4, 0.5) is 17.1 Å². The van der Waals surface area contributed by atoms with E-state index in [0.717, 1.165) is 0 Å². The van der Waals surface area contributed by atoms with Crippen molar-refractivity contribution < 1.29 is 14.5 Å². The number of pyridine rings is 1. The number of rotatable bonds is 5. The number of aromatic nitrogens is 1. The van der Waals surface area contributed by atoms with Crippen molar-refractivity contribution in [2.75, 3.05) is 10.6 Å². The largest absolute Gasteiger partial charge is 0.325 e. The van der Waals surface area contributed by atoms with Gasteiger partial charge in [0, 0.05) is 29.7 Å². The van der Waals surface area contributed by atoms with Gasteiger partial charge in [-0.3, -0.25) is 24.7 Å².